The molecule has 0 fully saturated rings. The fraction of sp³-hybridized carbons (Fsp3) is 0.167. The van der Waals surface area contributed by atoms with Gasteiger partial charge in [-0.1, -0.05) is 54.1 Å². The van der Waals surface area contributed by atoms with Crippen LogP contribution in [0, 0.1) is 0 Å². The normalized spacial score (nSPS) is 10.9. The van der Waals surface area contributed by atoms with Crippen molar-refractivity contribution >= 4 is 37.2 Å². The molecule has 0 aliphatic rings. The summed E-state index contributed by atoms with van der Waals surface area (Å²) in [6, 6.07) is 10.0. The maximum absolute atomic E-state index is 5.91. The summed E-state index contributed by atoms with van der Waals surface area (Å²) in [7, 11) is -0.916. The molecule has 2 aromatic rings. The second-order valence-corrected chi connectivity index (χ2v) is 7.74. The minimum Gasteiger partial charge on any atom is -0.218 e. The number of aromatic nitrogens is 2. The minimum atomic E-state index is -0.916. The highest BCUT2D eigenvalue weighted by Gasteiger charge is 2.11. The number of nitrogens with zero attached hydrogens (tertiary/aromatic N) is 2. The van der Waals surface area contributed by atoms with Crippen molar-refractivity contribution in [2.75, 3.05) is 0 Å². The molecule has 0 aliphatic heterocycles. The molecule has 1 heterocycles. The van der Waals surface area contributed by atoms with Crippen molar-refractivity contribution < 1.29 is 0 Å². The van der Waals surface area contributed by atoms with E-state index in [9.17, 15) is 0 Å². The Labute approximate surface area is 112 Å². The minimum absolute atomic E-state index is 0.188. The molecule has 0 bridgehead atoms. The van der Waals surface area contributed by atoms with Crippen LogP contribution < -0.4 is 5.19 Å². The van der Waals surface area contributed by atoms with Crippen molar-refractivity contribution in [3.8, 4) is 11.3 Å². The van der Waals surface area contributed by atoms with Gasteiger partial charge in [-0.2, -0.15) is 0 Å². The zero-order chi connectivity index (χ0) is 12.4. The van der Waals surface area contributed by atoms with E-state index in [-0.39, 0.29) is 5.28 Å². The molecule has 0 radical (unpaired) electrons. The fourth-order valence-corrected chi connectivity index (χ4v) is 3.53. The van der Waals surface area contributed by atoms with Gasteiger partial charge in [0.15, 0.2) is 0 Å². The lowest BCUT2D eigenvalue weighted by Crippen LogP contribution is -2.24. The van der Waals surface area contributed by atoms with Crippen molar-refractivity contribution in [1.29, 1.82) is 0 Å². The first-order valence-electron chi connectivity index (χ1n) is 5.37. The van der Waals surface area contributed by atoms with Crippen LogP contribution in [0.1, 0.15) is 0 Å². The van der Waals surface area contributed by atoms with E-state index in [0.717, 1.165) is 11.3 Å². The average Bonchev–Trinajstić information content (AvgIpc) is 2.27. The van der Waals surface area contributed by atoms with E-state index < -0.39 is 8.80 Å². The summed E-state index contributed by atoms with van der Waals surface area (Å²) >= 11 is 11.7. The van der Waals surface area contributed by atoms with Gasteiger partial charge in [-0.3, -0.25) is 0 Å². The van der Waals surface area contributed by atoms with Crippen LogP contribution in [-0.4, -0.2) is 18.8 Å². The Bertz CT molecular complexity index is 524. The molecule has 0 saturated carbocycles. The predicted molar refractivity (Wildman–Crippen MR) is 76.0 cm³/mol. The van der Waals surface area contributed by atoms with Crippen molar-refractivity contribution in [1.82, 2.24) is 9.97 Å². The molecule has 1 aromatic heterocycles. The van der Waals surface area contributed by atoms with Crippen LogP contribution in [0.3, 0.4) is 0 Å². The van der Waals surface area contributed by atoms with E-state index in [2.05, 4.69) is 41.3 Å². The van der Waals surface area contributed by atoms with Crippen LogP contribution in [0.4, 0.5) is 0 Å². The lowest BCUT2D eigenvalue weighted by Gasteiger charge is -2.11. The highest BCUT2D eigenvalue weighted by Crippen LogP contribution is 2.20. The van der Waals surface area contributed by atoms with Crippen molar-refractivity contribution in [2.45, 2.75) is 13.1 Å². The Hall–Kier alpha value is -0.903. The van der Waals surface area contributed by atoms with Gasteiger partial charge in [-0.25, -0.2) is 9.97 Å². The van der Waals surface area contributed by atoms with Gasteiger partial charge in [0.2, 0.25) is 5.28 Å². The lowest BCUT2D eigenvalue weighted by molar-refractivity contribution is 1.17. The van der Waals surface area contributed by atoms with E-state index in [1.165, 1.54) is 5.19 Å². The molecule has 0 N–H and O–H groups in total. The quantitative estimate of drug-likeness (QED) is 0.481. The van der Waals surface area contributed by atoms with Gasteiger partial charge in [0.1, 0.15) is 5.15 Å². The summed E-state index contributed by atoms with van der Waals surface area (Å²) in [6.45, 7) is 4.56. The molecule has 88 valence electrons. The third kappa shape index (κ3) is 2.86. The van der Waals surface area contributed by atoms with Gasteiger partial charge in [0, 0.05) is 6.07 Å². The maximum Gasteiger partial charge on any atom is 0.224 e. The lowest BCUT2D eigenvalue weighted by atomic mass is 10.1. The second kappa shape index (κ2) is 5.17. The molecule has 2 rings (SSSR count). The number of rotatable bonds is 2. The van der Waals surface area contributed by atoms with Crippen LogP contribution in [0.25, 0.3) is 11.3 Å². The van der Waals surface area contributed by atoms with Crippen molar-refractivity contribution in [3.05, 3.63) is 40.8 Å². The van der Waals surface area contributed by atoms with Gasteiger partial charge >= 0.3 is 0 Å². The van der Waals surface area contributed by atoms with Crippen molar-refractivity contribution in [3.63, 3.8) is 0 Å². The third-order valence-corrected chi connectivity index (χ3v) is 4.64. The van der Waals surface area contributed by atoms with Crippen molar-refractivity contribution in [2.24, 2.45) is 0 Å². The first-order chi connectivity index (χ1) is 8.08. The van der Waals surface area contributed by atoms with Crippen LogP contribution >= 0.6 is 23.2 Å². The molecule has 0 aliphatic carbocycles. The molecular weight excluding hydrogens is 271 g/mol. The molecule has 0 spiro atoms. The van der Waals surface area contributed by atoms with Crippen LogP contribution in [-0.2, 0) is 0 Å². The van der Waals surface area contributed by atoms with Gasteiger partial charge in [0.25, 0.3) is 0 Å². The van der Waals surface area contributed by atoms with E-state index in [4.69, 9.17) is 23.2 Å². The largest absolute Gasteiger partial charge is 0.224 e. The maximum atomic E-state index is 5.91. The zero-order valence-electron chi connectivity index (χ0n) is 9.61. The Balaban J connectivity index is 2.60. The van der Waals surface area contributed by atoms with Crippen LogP contribution in [0.15, 0.2) is 30.3 Å². The molecule has 2 nitrogen and oxygen atoms in total. The average molecular weight is 283 g/mol. The number of halogens is 2. The summed E-state index contributed by atoms with van der Waals surface area (Å²) in [5.41, 5.74) is 1.91. The summed E-state index contributed by atoms with van der Waals surface area (Å²) in [6.07, 6.45) is 0. The Morgan fingerprint density at radius 3 is 2.41 bits per heavy atom. The molecule has 0 atom stereocenters. The highest BCUT2D eigenvalue weighted by atomic mass is 35.5. The van der Waals surface area contributed by atoms with Crippen LogP contribution in [0.2, 0.25) is 23.5 Å². The first kappa shape index (κ1) is 12.6. The fourth-order valence-electron chi connectivity index (χ4n) is 1.76. The molecular formula is C12H12Cl2N2Si. The number of benzene rings is 1. The number of hydrogen-bond donors (Lipinski definition) is 0. The monoisotopic (exact) mass is 282 g/mol. The molecule has 17 heavy (non-hydrogen) atoms. The van der Waals surface area contributed by atoms with E-state index in [1.54, 1.807) is 6.07 Å². The van der Waals surface area contributed by atoms with Gasteiger partial charge < -0.3 is 0 Å². The first-order valence-corrected chi connectivity index (χ1v) is 9.01. The summed E-state index contributed by atoms with van der Waals surface area (Å²) < 4.78 is 0. The SMILES string of the molecule is C[SiH](C)c1ccccc1-c1cc(Cl)nc(Cl)n1. The van der Waals surface area contributed by atoms with Gasteiger partial charge in [-0.15, -0.1) is 0 Å². The molecule has 0 amide bonds. The van der Waals surface area contributed by atoms with Crippen LogP contribution in [0.5, 0.6) is 0 Å². The predicted octanol–water partition coefficient (Wildman–Crippen LogP) is 3.14. The van der Waals surface area contributed by atoms with Gasteiger partial charge in [-0.05, 0) is 17.2 Å². The summed E-state index contributed by atoms with van der Waals surface area (Å²) in [5, 5.41) is 1.92. The standard InChI is InChI=1S/C12H12Cl2N2Si/c1-17(2)10-6-4-3-5-8(10)9-7-11(13)16-12(14)15-9/h3-7,17H,1-2H3. The second-order valence-electron chi connectivity index (χ2n) is 4.09. The Morgan fingerprint density at radius 2 is 1.76 bits per heavy atom. The smallest absolute Gasteiger partial charge is 0.218 e. The Kier molecular flexibility index (Phi) is 3.81. The molecule has 1 aromatic carbocycles. The Morgan fingerprint density at radius 1 is 1.06 bits per heavy atom. The third-order valence-electron chi connectivity index (χ3n) is 2.53. The molecule has 5 heteroatoms. The molecule has 0 unspecified atom stereocenters. The topological polar surface area (TPSA) is 25.8 Å². The number of hydrogen-bond acceptors (Lipinski definition) is 2. The summed E-state index contributed by atoms with van der Waals surface area (Å²) in [4.78, 5) is 8.10. The zero-order valence-corrected chi connectivity index (χ0v) is 12.3. The highest BCUT2D eigenvalue weighted by molar-refractivity contribution is 6.72. The van der Waals surface area contributed by atoms with E-state index in [0.29, 0.717) is 5.15 Å². The van der Waals surface area contributed by atoms with E-state index >= 15 is 0 Å². The van der Waals surface area contributed by atoms with E-state index in [1.807, 2.05) is 6.07 Å². The summed E-state index contributed by atoms with van der Waals surface area (Å²) in [5.74, 6) is 0. The van der Waals surface area contributed by atoms with Gasteiger partial charge in [0.05, 0.1) is 14.5 Å². The molecule has 0 saturated heterocycles.